The van der Waals surface area contributed by atoms with E-state index in [4.69, 9.17) is 0 Å². The van der Waals surface area contributed by atoms with Crippen molar-refractivity contribution in [1.82, 2.24) is 15.1 Å². The van der Waals surface area contributed by atoms with E-state index in [1.54, 1.807) is 6.92 Å². The summed E-state index contributed by atoms with van der Waals surface area (Å²) in [7, 11) is 2.07. The van der Waals surface area contributed by atoms with E-state index in [1.165, 1.54) is 11.8 Å². The predicted molar refractivity (Wildman–Crippen MR) is 68.1 cm³/mol. The summed E-state index contributed by atoms with van der Waals surface area (Å²) >= 11 is 1.43. The Labute approximate surface area is 106 Å². The Balaban J connectivity index is 1.85. The zero-order chi connectivity index (χ0) is 12.4. The molecular weight excluding hydrogens is 238 g/mol. The van der Waals surface area contributed by atoms with Crippen molar-refractivity contribution in [3.63, 3.8) is 0 Å². The van der Waals surface area contributed by atoms with E-state index in [0.29, 0.717) is 11.3 Å². The van der Waals surface area contributed by atoms with Crippen molar-refractivity contribution >= 4 is 22.9 Å². The summed E-state index contributed by atoms with van der Waals surface area (Å²) in [5.41, 5.74) is 0. The highest BCUT2D eigenvalue weighted by atomic mass is 32.2. The smallest absolute Gasteiger partial charge is 0.317 e. The Morgan fingerprint density at radius 3 is 2.94 bits per heavy atom. The molecule has 2 fully saturated rings. The molecule has 0 aromatic rings. The maximum atomic E-state index is 11.5. The molecule has 96 valence electrons. The number of thioether (sulfide) groups is 1. The summed E-state index contributed by atoms with van der Waals surface area (Å²) < 4.78 is 0. The molecule has 1 N–H and O–H groups in total. The van der Waals surface area contributed by atoms with Gasteiger partial charge in [-0.3, -0.25) is 4.79 Å². The number of nitrogens with one attached hydrogen (secondary N) is 1. The van der Waals surface area contributed by atoms with Gasteiger partial charge in [0.2, 0.25) is 0 Å². The number of hydrogen-bond donors (Lipinski definition) is 1. The van der Waals surface area contributed by atoms with Crippen molar-refractivity contribution in [1.29, 1.82) is 0 Å². The molecule has 2 heterocycles. The highest BCUT2D eigenvalue weighted by molar-refractivity contribution is 8.14. The Hall–Kier alpha value is -0.750. The number of carbonyl (C=O) groups excluding carboxylic acids is 2. The highest BCUT2D eigenvalue weighted by Crippen LogP contribution is 2.27. The Morgan fingerprint density at radius 1 is 1.59 bits per heavy atom. The molecule has 2 amide bonds. The van der Waals surface area contributed by atoms with Crippen LogP contribution in [0.5, 0.6) is 0 Å². The van der Waals surface area contributed by atoms with E-state index in [-0.39, 0.29) is 11.1 Å². The standard InChI is InChI=1S/C11H19N3O2S/c1-8(15)17-10-5-9(13(2)7-10)6-14-4-3-12-11(14)16/h9-10H,3-7H2,1-2H3,(H,12,16)/t9-,10+/m0/s1. The van der Waals surface area contributed by atoms with E-state index in [1.807, 2.05) is 4.90 Å². The van der Waals surface area contributed by atoms with E-state index in [9.17, 15) is 9.59 Å². The van der Waals surface area contributed by atoms with Crippen LogP contribution in [0.25, 0.3) is 0 Å². The molecule has 0 bridgehead atoms. The molecule has 5 nitrogen and oxygen atoms in total. The minimum absolute atomic E-state index is 0.0427. The van der Waals surface area contributed by atoms with Crippen LogP contribution in [0.3, 0.4) is 0 Å². The molecule has 0 aromatic heterocycles. The lowest BCUT2D eigenvalue weighted by Gasteiger charge is -2.24. The topological polar surface area (TPSA) is 52.7 Å². The van der Waals surface area contributed by atoms with Gasteiger partial charge in [-0.15, -0.1) is 0 Å². The number of likely N-dealkylation sites (N-methyl/N-ethyl adjacent to an activating group) is 1. The minimum atomic E-state index is 0.0427. The van der Waals surface area contributed by atoms with Crippen LogP contribution in [-0.4, -0.2) is 65.5 Å². The second-order valence-corrected chi connectivity index (χ2v) is 6.22. The van der Waals surface area contributed by atoms with E-state index in [0.717, 1.165) is 32.6 Å². The lowest BCUT2D eigenvalue weighted by atomic mass is 10.2. The highest BCUT2D eigenvalue weighted by Gasteiger charge is 2.33. The average Bonchev–Trinajstić information content (AvgIpc) is 2.75. The van der Waals surface area contributed by atoms with Gasteiger partial charge in [0, 0.05) is 44.4 Å². The summed E-state index contributed by atoms with van der Waals surface area (Å²) in [6.45, 7) is 4.88. The maximum absolute atomic E-state index is 11.5. The summed E-state index contributed by atoms with van der Waals surface area (Å²) in [5, 5.41) is 3.38. The van der Waals surface area contributed by atoms with Gasteiger partial charge >= 0.3 is 6.03 Å². The lowest BCUT2D eigenvalue weighted by Crippen LogP contribution is -2.40. The molecule has 17 heavy (non-hydrogen) atoms. The van der Waals surface area contributed by atoms with Gasteiger partial charge in [0.25, 0.3) is 0 Å². The number of likely N-dealkylation sites (tertiary alicyclic amines) is 1. The molecule has 6 heteroatoms. The van der Waals surface area contributed by atoms with Crippen LogP contribution in [0.1, 0.15) is 13.3 Å². The third-order valence-corrected chi connectivity index (χ3v) is 4.37. The van der Waals surface area contributed by atoms with Crippen molar-refractivity contribution in [3.8, 4) is 0 Å². The quantitative estimate of drug-likeness (QED) is 0.793. The minimum Gasteiger partial charge on any atom is -0.336 e. The summed E-state index contributed by atoms with van der Waals surface area (Å²) in [5.74, 6) is 0. The van der Waals surface area contributed by atoms with Gasteiger partial charge in [0.15, 0.2) is 5.12 Å². The second-order valence-electron chi connectivity index (χ2n) is 4.74. The van der Waals surface area contributed by atoms with Crippen molar-refractivity contribution in [2.45, 2.75) is 24.6 Å². The second kappa shape index (κ2) is 5.27. The van der Waals surface area contributed by atoms with Crippen LogP contribution in [0.15, 0.2) is 0 Å². The van der Waals surface area contributed by atoms with E-state index in [2.05, 4.69) is 17.3 Å². The maximum Gasteiger partial charge on any atom is 0.317 e. The molecule has 0 spiro atoms. The SMILES string of the molecule is CC(=O)S[C@@H]1C[C@@H](CN2CCNC2=O)N(C)C1. The van der Waals surface area contributed by atoms with E-state index >= 15 is 0 Å². The van der Waals surface area contributed by atoms with Gasteiger partial charge < -0.3 is 15.1 Å². The predicted octanol–water partition coefficient (Wildman–Crippen LogP) is 0.364. The first kappa shape index (κ1) is 12.7. The Bertz CT molecular complexity index is 324. The van der Waals surface area contributed by atoms with Crippen molar-refractivity contribution in [2.24, 2.45) is 0 Å². The fourth-order valence-electron chi connectivity index (χ4n) is 2.50. The molecule has 2 rings (SSSR count). The molecule has 0 radical (unpaired) electrons. The van der Waals surface area contributed by atoms with Gasteiger partial charge in [-0.1, -0.05) is 11.8 Å². The molecule has 0 unspecified atom stereocenters. The number of nitrogens with zero attached hydrogens (tertiary/aromatic N) is 2. The summed E-state index contributed by atoms with van der Waals surface area (Å²) in [4.78, 5) is 26.7. The number of amides is 2. The first-order valence-electron chi connectivity index (χ1n) is 5.96. The largest absolute Gasteiger partial charge is 0.336 e. The zero-order valence-corrected chi connectivity index (χ0v) is 11.1. The average molecular weight is 257 g/mol. The van der Waals surface area contributed by atoms with Gasteiger partial charge in [-0.25, -0.2) is 4.79 Å². The van der Waals surface area contributed by atoms with E-state index < -0.39 is 0 Å². The molecule has 2 saturated heterocycles. The van der Waals surface area contributed by atoms with Crippen LogP contribution in [-0.2, 0) is 4.79 Å². The third kappa shape index (κ3) is 3.13. The van der Waals surface area contributed by atoms with Crippen molar-refractivity contribution < 1.29 is 9.59 Å². The number of urea groups is 1. The number of rotatable bonds is 3. The van der Waals surface area contributed by atoms with Gasteiger partial charge in [0.05, 0.1) is 0 Å². The fraction of sp³-hybridized carbons (Fsp3) is 0.818. The molecule has 0 aliphatic carbocycles. The summed E-state index contributed by atoms with van der Waals surface area (Å²) in [6.07, 6.45) is 0.991. The normalized spacial score (nSPS) is 29.8. The monoisotopic (exact) mass is 257 g/mol. The first-order chi connectivity index (χ1) is 8.06. The Kier molecular flexibility index (Phi) is 3.93. The molecule has 0 saturated carbocycles. The first-order valence-corrected chi connectivity index (χ1v) is 6.84. The Morgan fingerprint density at radius 2 is 2.35 bits per heavy atom. The molecule has 2 atom stereocenters. The summed E-state index contributed by atoms with van der Waals surface area (Å²) in [6, 6.07) is 0.428. The van der Waals surface area contributed by atoms with Crippen molar-refractivity contribution in [3.05, 3.63) is 0 Å². The molecular formula is C11H19N3O2S. The van der Waals surface area contributed by atoms with Crippen molar-refractivity contribution in [2.75, 3.05) is 33.2 Å². The van der Waals surface area contributed by atoms with Gasteiger partial charge in [-0.05, 0) is 13.5 Å². The lowest BCUT2D eigenvalue weighted by molar-refractivity contribution is -0.109. The number of hydrogen-bond acceptors (Lipinski definition) is 4. The fourth-order valence-corrected chi connectivity index (χ4v) is 3.60. The van der Waals surface area contributed by atoms with Crippen LogP contribution in [0.2, 0.25) is 0 Å². The van der Waals surface area contributed by atoms with Gasteiger partial charge in [-0.2, -0.15) is 0 Å². The van der Waals surface area contributed by atoms with Gasteiger partial charge in [0.1, 0.15) is 0 Å². The third-order valence-electron chi connectivity index (χ3n) is 3.36. The zero-order valence-electron chi connectivity index (χ0n) is 10.3. The molecule has 2 aliphatic rings. The van der Waals surface area contributed by atoms with Crippen LogP contribution in [0.4, 0.5) is 4.79 Å². The number of carbonyl (C=O) groups is 2. The molecule has 0 aromatic carbocycles. The van der Waals surface area contributed by atoms with Crippen LogP contribution in [0, 0.1) is 0 Å². The molecule has 2 aliphatic heterocycles. The van der Waals surface area contributed by atoms with Crippen LogP contribution < -0.4 is 5.32 Å². The van der Waals surface area contributed by atoms with Crippen LogP contribution >= 0.6 is 11.8 Å².